The molecule has 2 aromatic rings. The van der Waals surface area contributed by atoms with Gasteiger partial charge < -0.3 is 4.90 Å². The molecule has 1 aliphatic rings. The van der Waals surface area contributed by atoms with Gasteiger partial charge in [-0.15, -0.1) is 0 Å². The summed E-state index contributed by atoms with van der Waals surface area (Å²) >= 11 is 13.5. The highest BCUT2D eigenvalue weighted by Crippen LogP contribution is 2.38. The molecule has 0 spiro atoms. The zero-order valence-electron chi connectivity index (χ0n) is 10.5. The number of rotatable bonds is 1. The SMILES string of the molecule is CN(C1=Nc2cc(Cl)c(Cl)cc2SN1)c1ccncc1. The first-order chi connectivity index (χ1) is 9.65. The molecule has 1 aromatic heterocycles. The van der Waals surface area contributed by atoms with Crippen LogP contribution in [0.1, 0.15) is 0 Å². The standard InChI is InChI=1S/C13H10Cl2N4S/c1-19(8-2-4-16-5-3-8)13-17-11-6-9(14)10(15)7-12(11)20-18-13/h2-7H,1H3,(H,17,18). The third-order valence-electron chi connectivity index (χ3n) is 2.85. The van der Waals surface area contributed by atoms with Crippen molar-refractivity contribution in [3.05, 3.63) is 46.7 Å². The number of nitrogens with zero attached hydrogens (tertiary/aromatic N) is 3. The number of anilines is 1. The maximum absolute atomic E-state index is 6.04. The Bertz CT molecular complexity index is 676. The zero-order chi connectivity index (χ0) is 14.1. The van der Waals surface area contributed by atoms with Gasteiger partial charge in [-0.25, -0.2) is 4.99 Å². The van der Waals surface area contributed by atoms with Gasteiger partial charge in [-0.1, -0.05) is 23.2 Å². The molecular weight excluding hydrogens is 315 g/mol. The lowest BCUT2D eigenvalue weighted by molar-refractivity contribution is 1.15. The van der Waals surface area contributed by atoms with E-state index in [0.29, 0.717) is 10.0 Å². The first-order valence-electron chi connectivity index (χ1n) is 5.79. The van der Waals surface area contributed by atoms with Gasteiger partial charge in [0.05, 0.1) is 20.6 Å². The van der Waals surface area contributed by atoms with Crippen molar-refractivity contribution >= 4 is 52.5 Å². The lowest BCUT2D eigenvalue weighted by Crippen LogP contribution is -2.36. The van der Waals surface area contributed by atoms with Gasteiger partial charge in [-0.05, 0) is 36.2 Å². The molecular formula is C13H10Cl2N4S. The molecule has 102 valence electrons. The van der Waals surface area contributed by atoms with E-state index in [-0.39, 0.29) is 0 Å². The smallest absolute Gasteiger partial charge is 0.213 e. The number of nitrogens with one attached hydrogen (secondary N) is 1. The van der Waals surface area contributed by atoms with Crippen LogP contribution in [0, 0.1) is 0 Å². The van der Waals surface area contributed by atoms with Gasteiger partial charge in [0.15, 0.2) is 0 Å². The predicted octanol–water partition coefficient (Wildman–Crippen LogP) is 4.12. The van der Waals surface area contributed by atoms with Crippen LogP contribution in [0.15, 0.2) is 46.5 Å². The van der Waals surface area contributed by atoms with Gasteiger partial charge >= 0.3 is 0 Å². The molecule has 1 aliphatic heterocycles. The Labute approximate surface area is 131 Å². The van der Waals surface area contributed by atoms with Crippen LogP contribution in [-0.2, 0) is 0 Å². The second-order valence-corrected chi connectivity index (χ2v) is 5.80. The van der Waals surface area contributed by atoms with Crippen LogP contribution in [0.4, 0.5) is 11.4 Å². The Balaban J connectivity index is 1.96. The molecule has 0 radical (unpaired) electrons. The highest BCUT2D eigenvalue weighted by molar-refractivity contribution is 7.98. The minimum absolute atomic E-state index is 0.502. The van der Waals surface area contributed by atoms with Crippen LogP contribution < -0.4 is 9.62 Å². The molecule has 4 nitrogen and oxygen atoms in total. The average Bonchev–Trinajstić information content (AvgIpc) is 2.48. The normalized spacial score (nSPS) is 13.2. The van der Waals surface area contributed by atoms with Crippen molar-refractivity contribution in [3.63, 3.8) is 0 Å². The summed E-state index contributed by atoms with van der Waals surface area (Å²) in [6.45, 7) is 0. The van der Waals surface area contributed by atoms with E-state index in [4.69, 9.17) is 23.2 Å². The quantitative estimate of drug-likeness (QED) is 0.801. The van der Waals surface area contributed by atoms with E-state index in [0.717, 1.165) is 22.2 Å². The lowest BCUT2D eigenvalue weighted by atomic mass is 10.3. The summed E-state index contributed by atoms with van der Waals surface area (Å²) in [4.78, 5) is 11.5. The van der Waals surface area contributed by atoms with Gasteiger partial charge in [0.1, 0.15) is 0 Å². The van der Waals surface area contributed by atoms with Gasteiger partial charge in [0, 0.05) is 25.1 Å². The topological polar surface area (TPSA) is 40.5 Å². The van der Waals surface area contributed by atoms with Crippen LogP contribution in [0.2, 0.25) is 10.0 Å². The Morgan fingerprint density at radius 2 is 1.85 bits per heavy atom. The number of aromatic nitrogens is 1. The molecule has 0 bridgehead atoms. The van der Waals surface area contributed by atoms with E-state index in [2.05, 4.69) is 14.7 Å². The van der Waals surface area contributed by atoms with Crippen LogP contribution >= 0.6 is 35.1 Å². The molecule has 0 amide bonds. The number of fused-ring (bicyclic) bond motifs is 1. The summed E-state index contributed by atoms with van der Waals surface area (Å²) in [6.07, 6.45) is 3.49. The van der Waals surface area contributed by atoms with Crippen molar-refractivity contribution in [3.8, 4) is 0 Å². The van der Waals surface area contributed by atoms with Gasteiger partial charge in [0.2, 0.25) is 5.96 Å². The van der Waals surface area contributed by atoms with Gasteiger partial charge in [0.25, 0.3) is 0 Å². The fourth-order valence-corrected chi connectivity index (χ4v) is 2.91. The summed E-state index contributed by atoms with van der Waals surface area (Å²) < 4.78 is 3.19. The minimum atomic E-state index is 0.502. The van der Waals surface area contributed by atoms with E-state index >= 15 is 0 Å². The van der Waals surface area contributed by atoms with Crippen LogP contribution in [0.3, 0.4) is 0 Å². The number of aliphatic imine (C=N–C) groups is 1. The van der Waals surface area contributed by atoms with E-state index in [1.165, 1.54) is 11.9 Å². The van der Waals surface area contributed by atoms with Crippen LogP contribution in [0.25, 0.3) is 0 Å². The molecule has 0 saturated heterocycles. The van der Waals surface area contributed by atoms with Crippen LogP contribution in [0.5, 0.6) is 0 Å². The molecule has 1 N–H and O–H groups in total. The maximum Gasteiger partial charge on any atom is 0.213 e. The van der Waals surface area contributed by atoms with Crippen molar-refractivity contribution in [2.24, 2.45) is 4.99 Å². The molecule has 0 fully saturated rings. The number of halogens is 2. The highest BCUT2D eigenvalue weighted by Gasteiger charge is 2.18. The second kappa shape index (κ2) is 5.52. The first kappa shape index (κ1) is 13.5. The number of guanidine groups is 1. The fourth-order valence-electron chi connectivity index (χ4n) is 1.76. The summed E-state index contributed by atoms with van der Waals surface area (Å²) in [5.41, 5.74) is 1.80. The molecule has 20 heavy (non-hydrogen) atoms. The number of pyridine rings is 1. The Morgan fingerprint density at radius 3 is 2.60 bits per heavy atom. The number of benzene rings is 1. The molecule has 0 aliphatic carbocycles. The first-order valence-corrected chi connectivity index (χ1v) is 7.37. The second-order valence-electron chi connectivity index (χ2n) is 4.14. The van der Waals surface area contributed by atoms with E-state index in [1.807, 2.05) is 30.1 Å². The lowest BCUT2D eigenvalue weighted by Gasteiger charge is -2.25. The molecule has 1 aromatic carbocycles. The molecule has 7 heteroatoms. The zero-order valence-corrected chi connectivity index (χ0v) is 12.8. The van der Waals surface area contributed by atoms with E-state index in [9.17, 15) is 0 Å². The third-order valence-corrected chi connectivity index (χ3v) is 4.40. The van der Waals surface area contributed by atoms with Gasteiger partial charge in [-0.3, -0.25) is 9.71 Å². The van der Waals surface area contributed by atoms with Crippen molar-refractivity contribution in [1.29, 1.82) is 0 Å². The van der Waals surface area contributed by atoms with E-state index < -0.39 is 0 Å². The van der Waals surface area contributed by atoms with Crippen molar-refractivity contribution < 1.29 is 0 Å². The molecule has 0 saturated carbocycles. The van der Waals surface area contributed by atoms with Crippen molar-refractivity contribution in [1.82, 2.24) is 9.71 Å². The number of hydrogen-bond acceptors (Lipinski definition) is 5. The molecule has 3 rings (SSSR count). The fraction of sp³-hybridized carbons (Fsp3) is 0.0769. The number of hydrogen-bond donors (Lipinski definition) is 1. The van der Waals surface area contributed by atoms with Crippen molar-refractivity contribution in [2.75, 3.05) is 11.9 Å². The Morgan fingerprint density at radius 1 is 1.15 bits per heavy atom. The maximum atomic E-state index is 6.04. The summed E-state index contributed by atoms with van der Waals surface area (Å²) in [5, 5.41) is 1.03. The largest absolute Gasteiger partial charge is 0.315 e. The van der Waals surface area contributed by atoms with E-state index in [1.54, 1.807) is 18.5 Å². The minimum Gasteiger partial charge on any atom is -0.315 e. The summed E-state index contributed by atoms with van der Waals surface area (Å²) in [5.74, 6) is 0.729. The van der Waals surface area contributed by atoms with Crippen LogP contribution in [-0.4, -0.2) is 18.0 Å². The molecule has 0 atom stereocenters. The molecule has 0 unspecified atom stereocenters. The molecule has 2 heterocycles. The van der Waals surface area contributed by atoms with Gasteiger partial charge in [-0.2, -0.15) is 0 Å². The third kappa shape index (κ3) is 2.57. The summed E-state index contributed by atoms with van der Waals surface area (Å²) in [7, 11) is 1.93. The monoisotopic (exact) mass is 324 g/mol. The Kier molecular flexibility index (Phi) is 3.74. The van der Waals surface area contributed by atoms with Crippen molar-refractivity contribution in [2.45, 2.75) is 4.90 Å². The summed E-state index contributed by atoms with van der Waals surface area (Å²) in [6, 6.07) is 7.41. The average molecular weight is 325 g/mol. The predicted molar refractivity (Wildman–Crippen MR) is 85.2 cm³/mol. The highest BCUT2D eigenvalue weighted by atomic mass is 35.5. The Hall–Kier alpha value is -1.43.